The summed E-state index contributed by atoms with van der Waals surface area (Å²) in [6, 6.07) is 0. The van der Waals surface area contributed by atoms with Crippen molar-refractivity contribution in [3.63, 3.8) is 0 Å². The summed E-state index contributed by atoms with van der Waals surface area (Å²) in [5.41, 5.74) is 2.16. The molecule has 4 aliphatic carbocycles. The zero-order valence-corrected chi connectivity index (χ0v) is 19.5. The van der Waals surface area contributed by atoms with E-state index in [4.69, 9.17) is 0 Å². The van der Waals surface area contributed by atoms with Crippen LogP contribution in [0.2, 0.25) is 0 Å². The van der Waals surface area contributed by atoms with Gasteiger partial charge in [0.1, 0.15) is 0 Å². The average molecular weight is 470 g/mol. The van der Waals surface area contributed by atoms with Crippen LogP contribution in [0.5, 0.6) is 0 Å². The van der Waals surface area contributed by atoms with E-state index in [-0.39, 0.29) is 0 Å². The number of fused-ring (bicyclic) bond motifs is 5. The van der Waals surface area contributed by atoms with Gasteiger partial charge < -0.3 is 5.11 Å². The molecular weight excluding hydrogens is 431 g/mol. The Kier molecular flexibility index (Phi) is 5.12. The minimum absolute atomic E-state index is 0.374. The normalized spacial score (nSPS) is 51.8. The largest absolute Gasteiger partial charge is 0.390 e. The molecule has 0 heterocycles. The second-order valence-corrected chi connectivity index (χ2v) is 11.8. The molecule has 1 N–H and O–H groups in total. The number of allylic oxidation sites excluding steroid dienone is 1. The van der Waals surface area contributed by atoms with Crippen LogP contribution in [0.15, 0.2) is 11.6 Å². The predicted molar refractivity (Wildman–Crippen MR) is 118 cm³/mol. The molecule has 3 fully saturated rings. The fourth-order valence-corrected chi connectivity index (χ4v) is 8.71. The average Bonchev–Trinajstić information content (AvgIpc) is 2.99. The highest BCUT2D eigenvalue weighted by atomic mass is 127. The lowest BCUT2D eigenvalue weighted by Gasteiger charge is -2.59. The summed E-state index contributed by atoms with van der Waals surface area (Å²) in [5.74, 6) is 4.54. The molecule has 0 aliphatic heterocycles. The summed E-state index contributed by atoms with van der Waals surface area (Å²) in [5, 5.41) is 10.9. The Hall–Kier alpha value is 0.430. The molecule has 4 rings (SSSR count). The summed E-state index contributed by atoms with van der Waals surface area (Å²) in [6.45, 7) is 9.89. The molecule has 8 atom stereocenters. The lowest BCUT2D eigenvalue weighted by molar-refractivity contribution is -0.0742. The lowest BCUT2D eigenvalue weighted by Crippen LogP contribution is -2.52. The van der Waals surface area contributed by atoms with E-state index in [1.807, 2.05) is 0 Å². The Morgan fingerprint density at radius 2 is 1.92 bits per heavy atom. The summed E-state index contributed by atoms with van der Waals surface area (Å²) in [4.78, 5) is 0. The minimum Gasteiger partial charge on any atom is -0.390 e. The van der Waals surface area contributed by atoms with Crippen molar-refractivity contribution in [1.82, 2.24) is 0 Å². The molecule has 0 aromatic heterocycles. The number of hydrogen-bond acceptors (Lipinski definition) is 1. The van der Waals surface area contributed by atoms with Crippen LogP contribution in [-0.2, 0) is 0 Å². The molecule has 148 valence electrons. The topological polar surface area (TPSA) is 20.2 Å². The third-order valence-corrected chi connectivity index (χ3v) is 11.3. The first-order valence-electron chi connectivity index (χ1n) is 11.3. The minimum atomic E-state index is -0.421. The van der Waals surface area contributed by atoms with E-state index in [1.54, 1.807) is 5.57 Å². The van der Waals surface area contributed by atoms with Crippen molar-refractivity contribution in [2.75, 3.05) is 4.43 Å². The van der Waals surface area contributed by atoms with Crippen molar-refractivity contribution in [3.05, 3.63) is 11.6 Å². The molecule has 3 saturated carbocycles. The van der Waals surface area contributed by atoms with E-state index in [2.05, 4.69) is 56.4 Å². The number of alkyl halides is 1. The highest BCUT2D eigenvalue weighted by Gasteiger charge is 2.59. The Balaban J connectivity index is 1.62. The number of halogens is 1. The van der Waals surface area contributed by atoms with Gasteiger partial charge in [-0.2, -0.15) is 0 Å². The van der Waals surface area contributed by atoms with Crippen LogP contribution in [0.25, 0.3) is 0 Å². The van der Waals surface area contributed by atoms with Crippen LogP contribution >= 0.6 is 22.6 Å². The van der Waals surface area contributed by atoms with Crippen molar-refractivity contribution in [2.24, 2.45) is 40.4 Å². The zero-order valence-electron chi connectivity index (χ0n) is 17.4. The van der Waals surface area contributed by atoms with Gasteiger partial charge >= 0.3 is 0 Å². The monoisotopic (exact) mass is 470 g/mol. The SMILES string of the molecule is CC[C@]1(O)CC[C@@]2(C)C(=CC[C@H]3[C@@H]4CC[C@H]([C@H](C)CI)[C@@]4(C)CC[C@@H]32)C1. The number of rotatable bonds is 3. The van der Waals surface area contributed by atoms with Crippen molar-refractivity contribution < 1.29 is 5.11 Å². The highest BCUT2D eigenvalue weighted by Crippen LogP contribution is 2.67. The number of aliphatic hydroxyl groups is 1. The first-order valence-corrected chi connectivity index (χ1v) is 12.8. The van der Waals surface area contributed by atoms with Gasteiger partial charge in [0.2, 0.25) is 0 Å². The maximum atomic E-state index is 10.9. The fourth-order valence-electron chi connectivity index (χ4n) is 8.10. The van der Waals surface area contributed by atoms with Gasteiger partial charge in [0.05, 0.1) is 5.60 Å². The van der Waals surface area contributed by atoms with Gasteiger partial charge in [-0.05, 0) is 98.2 Å². The Morgan fingerprint density at radius 1 is 1.15 bits per heavy atom. The maximum absolute atomic E-state index is 10.9. The molecule has 0 saturated heterocycles. The molecule has 4 aliphatic rings. The summed E-state index contributed by atoms with van der Waals surface area (Å²) >= 11 is 2.61. The van der Waals surface area contributed by atoms with Gasteiger partial charge in [0.25, 0.3) is 0 Å². The van der Waals surface area contributed by atoms with Crippen LogP contribution in [0, 0.1) is 40.4 Å². The van der Waals surface area contributed by atoms with E-state index in [1.165, 1.54) is 43.0 Å². The summed E-state index contributed by atoms with van der Waals surface area (Å²) in [6.07, 6.45) is 13.8. The zero-order chi connectivity index (χ0) is 18.7. The smallest absolute Gasteiger partial charge is 0.0682 e. The first kappa shape index (κ1) is 19.7. The van der Waals surface area contributed by atoms with Gasteiger partial charge in [0.15, 0.2) is 0 Å². The summed E-state index contributed by atoms with van der Waals surface area (Å²) < 4.78 is 1.32. The first-order chi connectivity index (χ1) is 12.3. The van der Waals surface area contributed by atoms with E-state index in [0.717, 1.165) is 48.9 Å². The summed E-state index contributed by atoms with van der Waals surface area (Å²) in [7, 11) is 0. The van der Waals surface area contributed by atoms with E-state index in [0.29, 0.717) is 10.8 Å². The lowest BCUT2D eigenvalue weighted by atomic mass is 9.46. The molecule has 0 unspecified atom stereocenters. The highest BCUT2D eigenvalue weighted by molar-refractivity contribution is 14.1. The van der Waals surface area contributed by atoms with Gasteiger partial charge in [-0.1, -0.05) is 61.9 Å². The molecule has 0 radical (unpaired) electrons. The van der Waals surface area contributed by atoms with Crippen molar-refractivity contribution in [3.8, 4) is 0 Å². The second-order valence-electron chi connectivity index (χ2n) is 10.9. The number of hydrogen-bond donors (Lipinski definition) is 1. The van der Waals surface area contributed by atoms with E-state index < -0.39 is 5.60 Å². The third kappa shape index (κ3) is 2.78. The molecule has 1 nitrogen and oxygen atoms in total. The second kappa shape index (κ2) is 6.75. The van der Waals surface area contributed by atoms with Crippen molar-refractivity contribution >= 4 is 22.6 Å². The van der Waals surface area contributed by atoms with Gasteiger partial charge in [-0.15, -0.1) is 0 Å². The van der Waals surface area contributed by atoms with Crippen molar-refractivity contribution in [1.29, 1.82) is 0 Å². The molecule has 26 heavy (non-hydrogen) atoms. The van der Waals surface area contributed by atoms with Gasteiger partial charge in [-0.25, -0.2) is 0 Å². The van der Waals surface area contributed by atoms with E-state index in [9.17, 15) is 5.11 Å². The quantitative estimate of drug-likeness (QED) is 0.274. The van der Waals surface area contributed by atoms with E-state index >= 15 is 0 Å². The fraction of sp³-hybridized carbons (Fsp3) is 0.917. The molecule has 0 aromatic rings. The van der Waals surface area contributed by atoms with Gasteiger partial charge in [0, 0.05) is 4.43 Å². The van der Waals surface area contributed by atoms with Crippen LogP contribution in [0.1, 0.15) is 85.5 Å². The molecule has 0 spiro atoms. The maximum Gasteiger partial charge on any atom is 0.0682 e. The van der Waals surface area contributed by atoms with Crippen LogP contribution in [0.3, 0.4) is 0 Å². The molecule has 2 heteroatoms. The molecular formula is C24H39IO. The Morgan fingerprint density at radius 3 is 2.62 bits per heavy atom. The molecule has 0 aromatic carbocycles. The van der Waals surface area contributed by atoms with Crippen LogP contribution in [-0.4, -0.2) is 15.1 Å². The Bertz CT molecular complexity index is 585. The molecule has 0 amide bonds. The van der Waals surface area contributed by atoms with Crippen LogP contribution in [0.4, 0.5) is 0 Å². The van der Waals surface area contributed by atoms with Crippen LogP contribution < -0.4 is 0 Å². The van der Waals surface area contributed by atoms with Gasteiger partial charge in [-0.3, -0.25) is 0 Å². The van der Waals surface area contributed by atoms with Crippen molar-refractivity contribution in [2.45, 2.75) is 91.1 Å². The predicted octanol–water partition coefficient (Wildman–Crippen LogP) is 6.78. The molecule has 0 bridgehead atoms. The Labute approximate surface area is 174 Å². The third-order valence-electron chi connectivity index (χ3n) is 9.92. The standard InChI is InChI=1S/C24H39IO/c1-5-24(26)13-12-22(3)17(14-24)6-7-18-20-9-8-19(16(2)15-25)23(20,4)11-10-21(18)22/h6,16,18-21,26H,5,7-15H2,1-4H3/t16-,18+,19-,20+,21+,22+,23-,24+/m1/s1.